The quantitative estimate of drug-likeness (QED) is 0.322. The van der Waals surface area contributed by atoms with E-state index in [9.17, 15) is 9.59 Å². The smallest absolute Gasteiger partial charge is 0.338 e. The molecule has 0 aliphatic rings. The Morgan fingerprint density at radius 1 is 0.700 bits per heavy atom. The molecule has 0 saturated heterocycles. The highest BCUT2D eigenvalue weighted by Gasteiger charge is 2.13. The van der Waals surface area contributed by atoms with Crippen molar-refractivity contribution in [2.75, 3.05) is 7.11 Å². The van der Waals surface area contributed by atoms with Gasteiger partial charge in [-0.3, -0.25) is 4.79 Å². The predicted octanol–water partition coefficient (Wildman–Crippen LogP) is 5.44. The average molecular weight is 396 g/mol. The number of benzene rings is 4. The van der Waals surface area contributed by atoms with E-state index in [-0.39, 0.29) is 12.4 Å². The fourth-order valence-electron chi connectivity index (χ4n) is 3.22. The Hall–Kier alpha value is -3.92. The van der Waals surface area contributed by atoms with Gasteiger partial charge in [0.25, 0.3) is 0 Å². The molecule has 4 heteroatoms. The van der Waals surface area contributed by atoms with Crippen LogP contribution in [0.2, 0.25) is 0 Å². The van der Waals surface area contributed by atoms with Crippen LogP contribution in [0.15, 0.2) is 91.0 Å². The molecular formula is C26H20O4. The van der Waals surface area contributed by atoms with Crippen LogP contribution in [0.4, 0.5) is 0 Å². The number of carbonyl (C=O) groups excluding carboxylic acids is 2. The minimum atomic E-state index is -0.419. The SMILES string of the molecule is COc1ccc2cc(C(=O)c3ccc(C(=O)OCc4ccccc4)cc3)ccc2c1. The zero-order valence-corrected chi connectivity index (χ0v) is 16.5. The second kappa shape index (κ2) is 8.62. The number of ketones is 1. The van der Waals surface area contributed by atoms with E-state index >= 15 is 0 Å². The third-order valence-electron chi connectivity index (χ3n) is 4.91. The number of rotatable bonds is 6. The van der Waals surface area contributed by atoms with Gasteiger partial charge in [0.1, 0.15) is 12.4 Å². The van der Waals surface area contributed by atoms with Crippen LogP contribution in [0.1, 0.15) is 31.8 Å². The Balaban J connectivity index is 1.47. The van der Waals surface area contributed by atoms with E-state index < -0.39 is 5.97 Å². The van der Waals surface area contributed by atoms with E-state index in [1.54, 1.807) is 37.4 Å². The lowest BCUT2D eigenvalue weighted by molar-refractivity contribution is 0.0472. The summed E-state index contributed by atoms with van der Waals surface area (Å²) in [6.07, 6.45) is 0. The molecule has 0 aromatic heterocycles. The van der Waals surface area contributed by atoms with Crippen LogP contribution in [0.3, 0.4) is 0 Å². The van der Waals surface area contributed by atoms with Gasteiger partial charge in [-0.15, -0.1) is 0 Å². The predicted molar refractivity (Wildman–Crippen MR) is 116 cm³/mol. The molecule has 4 aromatic carbocycles. The summed E-state index contributed by atoms with van der Waals surface area (Å²) in [7, 11) is 1.63. The largest absolute Gasteiger partial charge is 0.497 e. The molecule has 0 spiro atoms. The Labute approximate surface area is 174 Å². The molecule has 0 N–H and O–H groups in total. The van der Waals surface area contributed by atoms with Crippen LogP contribution >= 0.6 is 0 Å². The van der Waals surface area contributed by atoms with Crippen LogP contribution in [0, 0.1) is 0 Å². The Bertz CT molecular complexity index is 1190. The lowest BCUT2D eigenvalue weighted by Crippen LogP contribution is -2.06. The standard InChI is InChI=1S/C26H20O4/c1-29-24-14-13-21-15-23(12-11-22(21)16-24)25(27)19-7-9-20(10-8-19)26(28)30-17-18-5-3-2-4-6-18/h2-16H,17H2,1H3. The van der Waals surface area contributed by atoms with Crippen LogP contribution in [0.5, 0.6) is 5.75 Å². The van der Waals surface area contributed by atoms with Gasteiger partial charge >= 0.3 is 5.97 Å². The van der Waals surface area contributed by atoms with Crippen LogP contribution in [0.25, 0.3) is 10.8 Å². The van der Waals surface area contributed by atoms with Gasteiger partial charge in [0.05, 0.1) is 12.7 Å². The molecule has 0 amide bonds. The summed E-state index contributed by atoms with van der Waals surface area (Å²) >= 11 is 0. The van der Waals surface area contributed by atoms with Crippen molar-refractivity contribution in [3.8, 4) is 5.75 Å². The normalized spacial score (nSPS) is 10.6. The van der Waals surface area contributed by atoms with Crippen molar-refractivity contribution in [2.45, 2.75) is 6.61 Å². The monoisotopic (exact) mass is 396 g/mol. The topological polar surface area (TPSA) is 52.6 Å². The molecule has 0 radical (unpaired) electrons. The third-order valence-corrected chi connectivity index (χ3v) is 4.91. The summed E-state index contributed by atoms with van der Waals surface area (Å²) in [5.74, 6) is 0.255. The van der Waals surface area contributed by atoms with Gasteiger partial charge in [0.15, 0.2) is 5.78 Å². The van der Waals surface area contributed by atoms with Crippen molar-refractivity contribution < 1.29 is 19.1 Å². The summed E-state index contributed by atoms with van der Waals surface area (Å²) in [5.41, 5.74) is 2.44. The maximum Gasteiger partial charge on any atom is 0.338 e. The molecule has 0 atom stereocenters. The molecule has 0 fully saturated rings. The van der Waals surface area contributed by atoms with Gasteiger partial charge in [0, 0.05) is 11.1 Å². The van der Waals surface area contributed by atoms with Gasteiger partial charge < -0.3 is 9.47 Å². The van der Waals surface area contributed by atoms with Crippen LogP contribution in [-0.2, 0) is 11.3 Å². The molecule has 0 aliphatic carbocycles. The van der Waals surface area contributed by atoms with Crippen molar-refractivity contribution >= 4 is 22.5 Å². The molecule has 0 heterocycles. The molecule has 148 valence electrons. The number of fused-ring (bicyclic) bond motifs is 1. The van der Waals surface area contributed by atoms with Crippen molar-refractivity contribution in [3.05, 3.63) is 113 Å². The van der Waals surface area contributed by atoms with Crippen LogP contribution in [-0.4, -0.2) is 18.9 Å². The molecule has 0 saturated carbocycles. The first-order valence-electron chi connectivity index (χ1n) is 9.58. The van der Waals surface area contributed by atoms with Crippen molar-refractivity contribution in [1.29, 1.82) is 0 Å². The summed E-state index contributed by atoms with van der Waals surface area (Å²) < 4.78 is 10.6. The first kappa shape index (κ1) is 19.4. The van der Waals surface area contributed by atoms with Crippen molar-refractivity contribution in [1.82, 2.24) is 0 Å². The van der Waals surface area contributed by atoms with Gasteiger partial charge in [0.2, 0.25) is 0 Å². The van der Waals surface area contributed by atoms with E-state index in [4.69, 9.17) is 9.47 Å². The molecule has 4 aromatic rings. The van der Waals surface area contributed by atoms with Crippen molar-refractivity contribution in [2.24, 2.45) is 0 Å². The van der Waals surface area contributed by atoms with Crippen molar-refractivity contribution in [3.63, 3.8) is 0 Å². The van der Waals surface area contributed by atoms with Gasteiger partial charge in [-0.1, -0.05) is 60.7 Å². The summed E-state index contributed by atoms with van der Waals surface area (Å²) in [6.45, 7) is 0.211. The maximum atomic E-state index is 12.9. The van der Waals surface area contributed by atoms with E-state index in [2.05, 4.69) is 0 Å². The second-order valence-corrected chi connectivity index (χ2v) is 6.90. The summed E-state index contributed by atoms with van der Waals surface area (Å²) in [4.78, 5) is 25.1. The summed E-state index contributed by atoms with van der Waals surface area (Å²) in [6, 6.07) is 27.3. The van der Waals surface area contributed by atoms with Gasteiger partial charge in [-0.05, 0) is 46.7 Å². The fourth-order valence-corrected chi connectivity index (χ4v) is 3.22. The molecule has 4 nitrogen and oxygen atoms in total. The molecule has 0 bridgehead atoms. The molecule has 4 rings (SSSR count). The minimum absolute atomic E-state index is 0.100. The van der Waals surface area contributed by atoms with Gasteiger partial charge in [-0.25, -0.2) is 4.79 Å². The van der Waals surface area contributed by atoms with E-state index in [1.165, 1.54) is 0 Å². The molecular weight excluding hydrogens is 376 g/mol. The molecule has 30 heavy (non-hydrogen) atoms. The fraction of sp³-hybridized carbons (Fsp3) is 0.0769. The molecule has 0 unspecified atom stereocenters. The third kappa shape index (κ3) is 4.23. The highest BCUT2D eigenvalue weighted by atomic mass is 16.5. The number of hydrogen-bond donors (Lipinski definition) is 0. The molecule has 0 aliphatic heterocycles. The number of hydrogen-bond acceptors (Lipinski definition) is 4. The first-order chi connectivity index (χ1) is 14.6. The second-order valence-electron chi connectivity index (χ2n) is 6.90. The number of esters is 1. The minimum Gasteiger partial charge on any atom is -0.497 e. The van der Waals surface area contributed by atoms with E-state index in [1.807, 2.05) is 60.7 Å². The Kier molecular flexibility index (Phi) is 5.57. The summed E-state index contributed by atoms with van der Waals surface area (Å²) in [5, 5.41) is 1.96. The Morgan fingerprint density at radius 2 is 1.33 bits per heavy atom. The Morgan fingerprint density at radius 3 is 2.07 bits per heavy atom. The average Bonchev–Trinajstić information content (AvgIpc) is 2.82. The number of ether oxygens (including phenoxy) is 2. The van der Waals surface area contributed by atoms with E-state index in [0.29, 0.717) is 16.7 Å². The zero-order valence-electron chi connectivity index (χ0n) is 16.5. The van der Waals surface area contributed by atoms with E-state index in [0.717, 1.165) is 22.1 Å². The number of methoxy groups -OCH3 is 1. The lowest BCUT2D eigenvalue weighted by Gasteiger charge is -2.07. The highest BCUT2D eigenvalue weighted by Crippen LogP contribution is 2.23. The first-order valence-corrected chi connectivity index (χ1v) is 9.58. The van der Waals surface area contributed by atoms with Crippen LogP contribution < -0.4 is 4.74 Å². The highest BCUT2D eigenvalue weighted by molar-refractivity contribution is 6.11. The van der Waals surface area contributed by atoms with Gasteiger partial charge in [-0.2, -0.15) is 0 Å². The number of carbonyl (C=O) groups is 2. The lowest BCUT2D eigenvalue weighted by atomic mass is 9.99. The maximum absolute atomic E-state index is 12.9. The zero-order chi connectivity index (χ0) is 20.9.